The minimum Gasteiger partial charge on any atom is -0.319 e. The molecule has 1 amide bonds. The van der Waals surface area contributed by atoms with Gasteiger partial charge >= 0.3 is 0 Å². The van der Waals surface area contributed by atoms with Gasteiger partial charge < -0.3 is 5.32 Å². The van der Waals surface area contributed by atoms with Gasteiger partial charge in [-0.15, -0.1) is 0 Å². The summed E-state index contributed by atoms with van der Waals surface area (Å²) in [5.41, 5.74) is 9.06. The van der Waals surface area contributed by atoms with E-state index in [1.165, 1.54) is 62.5 Å². The summed E-state index contributed by atoms with van der Waals surface area (Å²) in [6.45, 7) is 6.02. The molecule has 2 aliphatic heterocycles. The molecule has 2 aromatic heterocycles. The number of hydrogen-bond donors (Lipinski definition) is 1. The van der Waals surface area contributed by atoms with Crippen molar-refractivity contribution < 1.29 is 4.79 Å². The molecule has 0 unspecified atom stereocenters. The van der Waals surface area contributed by atoms with Crippen LogP contribution in [0, 0.1) is 12.8 Å². The summed E-state index contributed by atoms with van der Waals surface area (Å²) in [6.07, 6.45) is 19.2. The molecule has 1 aliphatic carbocycles. The molecule has 1 N–H and O–H groups in total. The summed E-state index contributed by atoms with van der Waals surface area (Å²) in [5, 5.41) is 3.12. The Morgan fingerprint density at radius 3 is 2.59 bits per heavy atom. The highest BCUT2D eigenvalue weighted by molar-refractivity contribution is 6.49. The van der Waals surface area contributed by atoms with Crippen LogP contribution in [0.25, 0.3) is 11.1 Å². The molecular weight excluding hydrogens is 506 g/mol. The number of pyridine rings is 2. The van der Waals surface area contributed by atoms with Gasteiger partial charge in [-0.1, -0.05) is 50.7 Å². The lowest BCUT2D eigenvalue weighted by Gasteiger charge is -2.26. The first-order valence-electron chi connectivity index (χ1n) is 15.7. The fourth-order valence-corrected chi connectivity index (χ4v) is 6.78. The number of amides is 1. The van der Waals surface area contributed by atoms with E-state index in [1.807, 2.05) is 18.6 Å². The number of anilines is 1. The minimum absolute atomic E-state index is 0.163. The molecule has 1 saturated carbocycles. The van der Waals surface area contributed by atoms with Gasteiger partial charge in [-0.25, -0.2) is 0 Å². The lowest BCUT2D eigenvalue weighted by Crippen LogP contribution is -2.29. The summed E-state index contributed by atoms with van der Waals surface area (Å²) in [4.78, 5) is 30.3. The Balaban J connectivity index is 1.19. The van der Waals surface area contributed by atoms with E-state index in [9.17, 15) is 4.79 Å². The van der Waals surface area contributed by atoms with Crippen molar-refractivity contribution in [2.24, 2.45) is 10.9 Å². The highest BCUT2D eigenvalue weighted by Gasteiger charge is 2.22. The predicted molar refractivity (Wildman–Crippen MR) is 166 cm³/mol. The Labute approximate surface area is 244 Å². The van der Waals surface area contributed by atoms with Gasteiger partial charge in [0.15, 0.2) is 0 Å². The maximum atomic E-state index is 13.6. The summed E-state index contributed by atoms with van der Waals surface area (Å²) < 4.78 is 0. The number of fused-ring (bicyclic) bond motifs is 1. The van der Waals surface area contributed by atoms with Crippen LogP contribution in [0.1, 0.15) is 85.7 Å². The standard InChI is InChI=1S/C35H43N5O/c1-25-17-31(23-38-33(25)19-26-9-4-2-5-10-26)39-35(41)34-32-20-29(13-12-28(32)11-8-14-37-34)30-18-27(21-36-22-30)24-40-15-6-3-7-16-40/h12-13,17-18,20-23,26H,2-11,14-16,19,24H2,1H3,(H,39,41). The number of aromatic nitrogens is 2. The average Bonchev–Trinajstić information content (AvgIpc) is 3.22. The van der Waals surface area contributed by atoms with Crippen LogP contribution in [-0.2, 0) is 24.2 Å². The Kier molecular flexibility index (Phi) is 8.85. The van der Waals surface area contributed by atoms with Crippen molar-refractivity contribution in [2.45, 2.75) is 84.1 Å². The molecule has 1 saturated heterocycles. The number of benzene rings is 1. The van der Waals surface area contributed by atoms with Crippen LogP contribution in [0.4, 0.5) is 5.69 Å². The second-order valence-electron chi connectivity index (χ2n) is 12.3. The third-order valence-corrected chi connectivity index (χ3v) is 9.09. The van der Waals surface area contributed by atoms with Crippen LogP contribution in [0.5, 0.6) is 0 Å². The quantitative estimate of drug-likeness (QED) is 0.347. The van der Waals surface area contributed by atoms with Crippen LogP contribution < -0.4 is 5.32 Å². The number of aryl methyl sites for hydroxylation is 2. The van der Waals surface area contributed by atoms with E-state index in [-0.39, 0.29) is 5.91 Å². The number of carbonyl (C=O) groups excluding carboxylic acids is 1. The first kappa shape index (κ1) is 27.8. The summed E-state index contributed by atoms with van der Waals surface area (Å²) >= 11 is 0. The molecule has 6 rings (SSSR count). The van der Waals surface area contributed by atoms with Gasteiger partial charge in [-0.3, -0.25) is 24.7 Å². The van der Waals surface area contributed by atoms with Crippen LogP contribution in [0.3, 0.4) is 0 Å². The first-order valence-corrected chi connectivity index (χ1v) is 15.7. The normalized spacial score (nSPS) is 18.3. The van der Waals surface area contributed by atoms with Crippen molar-refractivity contribution in [1.29, 1.82) is 0 Å². The number of aliphatic imine (C=N–C) groups is 1. The number of nitrogens with zero attached hydrogens (tertiary/aromatic N) is 4. The van der Waals surface area contributed by atoms with E-state index in [4.69, 9.17) is 9.98 Å². The molecule has 214 valence electrons. The zero-order chi connectivity index (χ0) is 28.0. The Morgan fingerprint density at radius 1 is 0.927 bits per heavy atom. The topological polar surface area (TPSA) is 70.5 Å². The van der Waals surface area contributed by atoms with Crippen molar-refractivity contribution in [3.05, 3.63) is 76.9 Å². The van der Waals surface area contributed by atoms with Crippen molar-refractivity contribution in [1.82, 2.24) is 14.9 Å². The maximum Gasteiger partial charge on any atom is 0.274 e. The monoisotopic (exact) mass is 549 g/mol. The number of nitrogens with one attached hydrogen (secondary N) is 1. The smallest absolute Gasteiger partial charge is 0.274 e. The van der Waals surface area contributed by atoms with Crippen LogP contribution >= 0.6 is 0 Å². The molecule has 0 atom stereocenters. The van der Waals surface area contributed by atoms with E-state index in [1.54, 1.807) is 0 Å². The van der Waals surface area contributed by atoms with E-state index in [0.29, 0.717) is 12.3 Å². The largest absolute Gasteiger partial charge is 0.319 e. The molecule has 0 radical (unpaired) electrons. The number of piperidine rings is 1. The minimum atomic E-state index is -0.163. The van der Waals surface area contributed by atoms with Gasteiger partial charge in [0.05, 0.1) is 11.9 Å². The van der Waals surface area contributed by atoms with Crippen LogP contribution in [0.15, 0.2) is 53.9 Å². The third-order valence-electron chi connectivity index (χ3n) is 9.09. The van der Waals surface area contributed by atoms with Crippen molar-refractivity contribution in [3.63, 3.8) is 0 Å². The van der Waals surface area contributed by atoms with Gasteiger partial charge in [0.1, 0.15) is 5.71 Å². The molecule has 1 aromatic carbocycles. The number of likely N-dealkylation sites (tertiary alicyclic amines) is 1. The van der Waals surface area contributed by atoms with Crippen molar-refractivity contribution in [2.75, 3.05) is 25.0 Å². The molecule has 0 bridgehead atoms. The fourth-order valence-electron chi connectivity index (χ4n) is 6.78. The van der Waals surface area contributed by atoms with E-state index >= 15 is 0 Å². The summed E-state index contributed by atoms with van der Waals surface area (Å²) in [7, 11) is 0. The molecule has 6 heteroatoms. The third kappa shape index (κ3) is 6.92. The molecule has 3 aliphatic rings. The molecule has 41 heavy (non-hydrogen) atoms. The van der Waals surface area contributed by atoms with Gasteiger partial charge in [0.25, 0.3) is 5.91 Å². The van der Waals surface area contributed by atoms with Crippen LogP contribution in [0.2, 0.25) is 0 Å². The second-order valence-corrected chi connectivity index (χ2v) is 12.3. The van der Waals surface area contributed by atoms with Gasteiger partial charge in [0, 0.05) is 42.3 Å². The zero-order valence-electron chi connectivity index (χ0n) is 24.5. The van der Waals surface area contributed by atoms with Gasteiger partial charge in [-0.2, -0.15) is 0 Å². The molecule has 3 aromatic rings. The fraction of sp³-hybridized carbons (Fsp3) is 0.486. The van der Waals surface area contributed by atoms with Crippen LogP contribution in [-0.4, -0.2) is 46.1 Å². The van der Waals surface area contributed by atoms with Gasteiger partial charge in [0.2, 0.25) is 0 Å². The van der Waals surface area contributed by atoms with E-state index in [0.717, 1.165) is 78.4 Å². The lowest BCUT2D eigenvalue weighted by atomic mass is 9.85. The summed E-state index contributed by atoms with van der Waals surface area (Å²) in [5.74, 6) is 0.575. The Bertz CT molecular complexity index is 1400. The summed E-state index contributed by atoms with van der Waals surface area (Å²) in [6, 6.07) is 10.8. The Morgan fingerprint density at radius 2 is 1.76 bits per heavy atom. The lowest BCUT2D eigenvalue weighted by molar-refractivity contribution is -0.110. The van der Waals surface area contributed by atoms with E-state index < -0.39 is 0 Å². The first-order chi connectivity index (χ1) is 20.1. The Hall–Kier alpha value is -3.38. The average molecular weight is 550 g/mol. The van der Waals surface area contributed by atoms with Gasteiger partial charge in [-0.05, 0) is 98.5 Å². The number of rotatable bonds is 7. The van der Waals surface area contributed by atoms with Crippen molar-refractivity contribution in [3.8, 4) is 11.1 Å². The molecular formula is C35H43N5O. The van der Waals surface area contributed by atoms with Crippen molar-refractivity contribution >= 4 is 17.3 Å². The SMILES string of the molecule is Cc1cc(NC(=O)C2=NCCCc3ccc(-c4cncc(CN5CCCCC5)c4)cc32)cnc1CC1CCCCC1. The van der Waals surface area contributed by atoms with E-state index in [2.05, 4.69) is 52.5 Å². The zero-order valence-corrected chi connectivity index (χ0v) is 24.5. The molecule has 6 nitrogen and oxygen atoms in total. The number of hydrogen-bond acceptors (Lipinski definition) is 5. The maximum absolute atomic E-state index is 13.6. The second kappa shape index (κ2) is 13.1. The molecule has 2 fully saturated rings. The predicted octanol–water partition coefficient (Wildman–Crippen LogP) is 6.93. The highest BCUT2D eigenvalue weighted by atomic mass is 16.1. The number of carbonyl (C=O) groups is 1. The highest BCUT2D eigenvalue weighted by Crippen LogP contribution is 2.29. The molecule has 4 heterocycles. The molecule has 0 spiro atoms.